The number of nitrogens with zero attached hydrogens (tertiary/aromatic N) is 1. The fraction of sp³-hybridized carbons (Fsp3) is 0.467. The van der Waals surface area contributed by atoms with E-state index in [0.717, 1.165) is 43.5 Å². The summed E-state index contributed by atoms with van der Waals surface area (Å²) in [5.74, 6) is 5.71. The summed E-state index contributed by atoms with van der Waals surface area (Å²) in [6.45, 7) is 3.66. The normalized spacial score (nSPS) is 16.3. The molecule has 0 amide bonds. The van der Waals surface area contributed by atoms with Crippen LogP contribution in [0.15, 0.2) is 23.1 Å². The molecular formula is C15H21N3O2S. The molecule has 0 radical (unpaired) electrons. The zero-order valence-corrected chi connectivity index (χ0v) is 13.0. The summed E-state index contributed by atoms with van der Waals surface area (Å²) in [7, 11) is -3.52. The van der Waals surface area contributed by atoms with Crippen molar-refractivity contribution in [3.05, 3.63) is 29.3 Å². The third-order valence-electron chi connectivity index (χ3n) is 3.44. The van der Waals surface area contributed by atoms with Gasteiger partial charge in [0, 0.05) is 18.7 Å². The number of benzene rings is 1. The molecule has 0 saturated carbocycles. The highest BCUT2D eigenvalue weighted by molar-refractivity contribution is 7.89. The molecule has 6 heteroatoms. The zero-order valence-electron chi connectivity index (χ0n) is 12.2. The molecular weight excluding hydrogens is 286 g/mol. The lowest BCUT2D eigenvalue weighted by molar-refractivity contribution is 0.200. The molecule has 1 aliphatic rings. The van der Waals surface area contributed by atoms with Gasteiger partial charge in [-0.1, -0.05) is 18.3 Å². The van der Waals surface area contributed by atoms with Crippen molar-refractivity contribution in [3.8, 4) is 11.8 Å². The van der Waals surface area contributed by atoms with Crippen molar-refractivity contribution in [2.75, 3.05) is 19.6 Å². The minimum atomic E-state index is -3.52. The molecule has 0 aromatic heterocycles. The van der Waals surface area contributed by atoms with Crippen molar-refractivity contribution >= 4 is 10.0 Å². The number of piperidine rings is 1. The molecule has 21 heavy (non-hydrogen) atoms. The third-order valence-corrected chi connectivity index (χ3v) is 4.81. The summed E-state index contributed by atoms with van der Waals surface area (Å²) in [6, 6.07) is 4.95. The lowest BCUT2D eigenvalue weighted by Crippen LogP contribution is -2.44. The lowest BCUT2D eigenvalue weighted by Gasteiger charge is -2.26. The monoisotopic (exact) mass is 307 g/mol. The van der Waals surface area contributed by atoms with E-state index in [1.807, 2.05) is 6.92 Å². The maximum atomic E-state index is 12.4. The second-order valence-corrected chi connectivity index (χ2v) is 6.79. The van der Waals surface area contributed by atoms with E-state index < -0.39 is 10.0 Å². The van der Waals surface area contributed by atoms with E-state index in [0.29, 0.717) is 0 Å². The molecule has 0 unspecified atom stereocenters. The first-order chi connectivity index (χ1) is 10.0. The lowest BCUT2D eigenvalue weighted by atomic mass is 10.1. The van der Waals surface area contributed by atoms with Gasteiger partial charge < -0.3 is 5.73 Å². The molecule has 0 atom stereocenters. The van der Waals surface area contributed by atoms with Crippen LogP contribution in [0.2, 0.25) is 0 Å². The molecule has 1 saturated heterocycles. The minimum Gasteiger partial charge on any atom is -0.320 e. The highest BCUT2D eigenvalue weighted by Crippen LogP contribution is 2.16. The van der Waals surface area contributed by atoms with Gasteiger partial charge in [-0.05, 0) is 43.5 Å². The van der Waals surface area contributed by atoms with Crippen molar-refractivity contribution in [1.82, 2.24) is 9.84 Å². The Hall–Kier alpha value is -1.39. The van der Waals surface area contributed by atoms with E-state index in [-0.39, 0.29) is 11.4 Å². The van der Waals surface area contributed by atoms with Gasteiger partial charge in [0.15, 0.2) is 0 Å². The van der Waals surface area contributed by atoms with Crippen molar-refractivity contribution in [1.29, 1.82) is 0 Å². The number of sulfonamides is 1. The first-order valence-corrected chi connectivity index (χ1v) is 8.58. The average molecular weight is 307 g/mol. The number of hydrogen-bond donors (Lipinski definition) is 2. The van der Waals surface area contributed by atoms with Crippen LogP contribution >= 0.6 is 0 Å². The van der Waals surface area contributed by atoms with Gasteiger partial charge in [0.1, 0.15) is 0 Å². The first kappa shape index (κ1) is 16.0. The number of rotatable bonds is 3. The Labute approximate surface area is 126 Å². The number of hydrazine groups is 1. The molecule has 1 aromatic rings. The van der Waals surface area contributed by atoms with E-state index in [1.54, 1.807) is 23.2 Å². The van der Waals surface area contributed by atoms with Crippen LogP contribution in [0.25, 0.3) is 0 Å². The molecule has 1 heterocycles. The van der Waals surface area contributed by atoms with E-state index in [4.69, 9.17) is 5.73 Å². The van der Waals surface area contributed by atoms with Gasteiger partial charge in [-0.3, -0.25) is 0 Å². The molecule has 1 fully saturated rings. The second-order valence-electron chi connectivity index (χ2n) is 5.13. The molecule has 3 N–H and O–H groups in total. The quantitative estimate of drug-likeness (QED) is 0.817. The van der Waals surface area contributed by atoms with Crippen LogP contribution in [0, 0.1) is 18.8 Å². The van der Waals surface area contributed by atoms with Crippen LogP contribution in [-0.2, 0) is 10.0 Å². The highest BCUT2D eigenvalue weighted by atomic mass is 32.2. The van der Waals surface area contributed by atoms with Gasteiger partial charge in [-0.15, -0.1) is 4.83 Å². The van der Waals surface area contributed by atoms with Gasteiger partial charge in [0.25, 0.3) is 10.0 Å². The maximum Gasteiger partial charge on any atom is 0.253 e. The molecule has 0 spiro atoms. The molecule has 1 aromatic carbocycles. The Bertz CT molecular complexity index is 653. The fourth-order valence-corrected chi connectivity index (χ4v) is 3.50. The van der Waals surface area contributed by atoms with Crippen LogP contribution in [0.5, 0.6) is 0 Å². The third kappa shape index (κ3) is 4.29. The van der Waals surface area contributed by atoms with Crippen molar-refractivity contribution in [2.45, 2.75) is 31.1 Å². The molecule has 0 aliphatic carbocycles. The summed E-state index contributed by atoms with van der Waals surface area (Å²) in [6.07, 6.45) is 3.20. The number of hydrogen-bond acceptors (Lipinski definition) is 4. The standard InChI is InChI=1S/C15H21N3O2S/c1-13-12-15(8-7-14(13)6-5-9-16)21(19,20)17-18-10-3-2-4-11-18/h7-8,12,17H,2-4,9-11,16H2,1H3. The van der Waals surface area contributed by atoms with Crippen LogP contribution in [0.4, 0.5) is 0 Å². The fourth-order valence-electron chi connectivity index (χ4n) is 2.30. The van der Waals surface area contributed by atoms with E-state index >= 15 is 0 Å². The highest BCUT2D eigenvalue weighted by Gasteiger charge is 2.20. The molecule has 114 valence electrons. The van der Waals surface area contributed by atoms with Crippen LogP contribution in [0.1, 0.15) is 30.4 Å². The molecule has 0 bridgehead atoms. The van der Waals surface area contributed by atoms with Gasteiger partial charge in [-0.2, -0.15) is 0 Å². The van der Waals surface area contributed by atoms with E-state index in [2.05, 4.69) is 16.7 Å². The SMILES string of the molecule is Cc1cc(S(=O)(=O)NN2CCCCC2)ccc1C#CCN. The molecule has 5 nitrogen and oxygen atoms in total. The Morgan fingerprint density at radius 2 is 2.00 bits per heavy atom. The Morgan fingerprint density at radius 3 is 2.62 bits per heavy atom. The minimum absolute atomic E-state index is 0.267. The Kier molecular flexibility index (Phi) is 5.37. The first-order valence-electron chi connectivity index (χ1n) is 7.10. The number of nitrogens with two attached hydrogens (primary N) is 1. The summed E-state index contributed by atoms with van der Waals surface area (Å²) < 4.78 is 24.7. The average Bonchev–Trinajstić information content (AvgIpc) is 2.46. The summed E-state index contributed by atoms with van der Waals surface area (Å²) in [4.78, 5) is 2.92. The predicted octanol–water partition coefficient (Wildman–Crippen LogP) is 0.984. The smallest absolute Gasteiger partial charge is 0.253 e. The van der Waals surface area contributed by atoms with E-state index in [9.17, 15) is 8.42 Å². The topological polar surface area (TPSA) is 75.4 Å². The van der Waals surface area contributed by atoms with E-state index in [1.165, 1.54) is 0 Å². The van der Waals surface area contributed by atoms with Gasteiger partial charge in [0.05, 0.1) is 11.4 Å². The summed E-state index contributed by atoms with van der Waals surface area (Å²) in [5.41, 5.74) is 6.98. The zero-order chi connectivity index (χ0) is 15.3. The van der Waals surface area contributed by atoms with Gasteiger partial charge in [0.2, 0.25) is 0 Å². The van der Waals surface area contributed by atoms with Gasteiger partial charge >= 0.3 is 0 Å². The van der Waals surface area contributed by atoms with Crippen molar-refractivity contribution < 1.29 is 8.42 Å². The number of aryl methyl sites for hydroxylation is 1. The maximum absolute atomic E-state index is 12.4. The van der Waals surface area contributed by atoms with Crippen LogP contribution in [0.3, 0.4) is 0 Å². The number of nitrogens with one attached hydrogen (secondary N) is 1. The summed E-state index contributed by atoms with van der Waals surface area (Å²) in [5, 5.41) is 1.77. The Balaban J connectivity index is 2.18. The predicted molar refractivity (Wildman–Crippen MR) is 82.9 cm³/mol. The molecule has 2 rings (SSSR count). The van der Waals surface area contributed by atoms with Crippen molar-refractivity contribution in [2.24, 2.45) is 5.73 Å². The largest absolute Gasteiger partial charge is 0.320 e. The summed E-state index contributed by atoms with van der Waals surface area (Å²) >= 11 is 0. The van der Waals surface area contributed by atoms with Crippen LogP contribution < -0.4 is 10.6 Å². The van der Waals surface area contributed by atoms with Crippen LogP contribution in [-0.4, -0.2) is 33.1 Å². The Morgan fingerprint density at radius 1 is 1.29 bits per heavy atom. The van der Waals surface area contributed by atoms with Gasteiger partial charge in [-0.25, -0.2) is 13.4 Å². The second kappa shape index (κ2) is 7.05. The molecule has 1 aliphatic heterocycles. The van der Waals surface area contributed by atoms with Crippen molar-refractivity contribution in [3.63, 3.8) is 0 Å².